The summed E-state index contributed by atoms with van der Waals surface area (Å²) >= 11 is 0. The van der Waals surface area contributed by atoms with E-state index in [0.717, 1.165) is 18.7 Å². The van der Waals surface area contributed by atoms with Gasteiger partial charge in [-0.2, -0.15) is 0 Å². The first-order chi connectivity index (χ1) is 23.8. The molecule has 254 valence electrons. The summed E-state index contributed by atoms with van der Waals surface area (Å²) in [5.41, 5.74) is 5.87. The van der Waals surface area contributed by atoms with E-state index in [0.29, 0.717) is 40.3 Å². The highest BCUT2D eigenvalue weighted by Gasteiger charge is 2.54. The molecule has 0 radical (unpaired) electrons. The fourth-order valence-electron chi connectivity index (χ4n) is 8.83. The minimum absolute atomic E-state index is 0.0806. The second-order valence-electron chi connectivity index (χ2n) is 14.0. The van der Waals surface area contributed by atoms with E-state index >= 15 is 0 Å². The Balaban J connectivity index is 1.08. The average molecular weight is 660 g/mol. The highest BCUT2D eigenvalue weighted by Crippen LogP contribution is 2.59. The predicted octanol–water partition coefficient (Wildman–Crippen LogP) is 8.21. The number of fused-ring (bicyclic) bond motifs is 1. The van der Waals surface area contributed by atoms with Crippen LogP contribution in [-0.2, 0) is 24.8 Å². The second kappa shape index (κ2) is 13.5. The van der Waals surface area contributed by atoms with Crippen molar-refractivity contribution < 1.29 is 25.5 Å². The average Bonchev–Trinajstić information content (AvgIpc) is 3.83. The van der Waals surface area contributed by atoms with Crippen molar-refractivity contribution in [3.05, 3.63) is 107 Å². The van der Waals surface area contributed by atoms with Gasteiger partial charge in [0, 0.05) is 36.0 Å². The Morgan fingerprint density at radius 3 is 2.18 bits per heavy atom. The number of benzene rings is 4. The first-order valence-electron chi connectivity index (χ1n) is 17.5. The number of nitrogens with one attached hydrogen (secondary N) is 2. The molecule has 8 nitrogen and oxygen atoms in total. The van der Waals surface area contributed by atoms with E-state index in [1.165, 1.54) is 80.8 Å². The number of imidazole rings is 1. The number of H-pyrrole nitrogens is 1. The summed E-state index contributed by atoms with van der Waals surface area (Å²) in [6, 6.07) is 18.1. The van der Waals surface area contributed by atoms with Crippen LogP contribution in [0.25, 0.3) is 22.9 Å². The Labute approximate surface area is 286 Å². The Hall–Kier alpha value is -4.95. The van der Waals surface area contributed by atoms with Crippen molar-refractivity contribution in [1.82, 2.24) is 15.3 Å². The van der Waals surface area contributed by atoms with Gasteiger partial charge in [0.05, 0.1) is 11.7 Å². The molecule has 1 heterocycles. The van der Waals surface area contributed by atoms with Gasteiger partial charge >= 0.3 is 0 Å². The molecule has 49 heavy (non-hydrogen) atoms. The lowest BCUT2D eigenvalue weighted by molar-refractivity contribution is 0.0556. The van der Waals surface area contributed by atoms with Crippen molar-refractivity contribution in [2.24, 2.45) is 5.41 Å². The summed E-state index contributed by atoms with van der Waals surface area (Å²) in [6.07, 6.45) is 18.8. The van der Waals surface area contributed by atoms with E-state index in [9.17, 15) is 25.5 Å². The van der Waals surface area contributed by atoms with Crippen molar-refractivity contribution in [2.45, 2.75) is 76.2 Å². The summed E-state index contributed by atoms with van der Waals surface area (Å²) in [7, 11) is 0. The van der Waals surface area contributed by atoms with Crippen LogP contribution in [0.15, 0.2) is 73.2 Å². The molecule has 0 bridgehead atoms. The molecule has 5 aromatic rings. The quantitative estimate of drug-likeness (QED) is 0.0592. The molecule has 0 aliphatic heterocycles. The highest BCUT2D eigenvalue weighted by molar-refractivity contribution is 6.03. The smallest absolute Gasteiger partial charge is 0.169 e. The number of aryl methyl sites for hydroxylation is 1. The second-order valence-corrected chi connectivity index (χ2v) is 14.0. The Bertz CT molecular complexity index is 1960. The summed E-state index contributed by atoms with van der Waals surface area (Å²) in [4.78, 5) is 7.94. The lowest BCUT2D eigenvalue weighted by Gasteiger charge is -2.52. The molecule has 0 amide bonds. The molecule has 7 N–H and O–H groups in total. The standard InChI is InChI=1S/C41H45N3O5/c45-33-17-14-28(22-35(33)47)13-15-30-31-6-5-7-34(46)37(31)39(49)38(48)32(30)16-12-27-8-10-29(11-9-27)23-42-25-41(36-24-43-26-44-36)21-4-3-20-40(41)18-1-2-19-40/h5-11,13-15,17,22,24,26,42,45-49H,1-4,12,16,18-21,23,25H2,(H,43,44). The Kier molecular flexibility index (Phi) is 8.99. The number of aromatic amines is 1. The van der Waals surface area contributed by atoms with Crippen molar-refractivity contribution in [3.63, 3.8) is 0 Å². The maximum atomic E-state index is 11.2. The number of hydrogen-bond donors (Lipinski definition) is 7. The first kappa shape index (κ1) is 32.6. The van der Waals surface area contributed by atoms with Crippen LogP contribution in [0.4, 0.5) is 0 Å². The van der Waals surface area contributed by atoms with Gasteiger partial charge in [0.25, 0.3) is 0 Å². The molecule has 2 aliphatic carbocycles. The summed E-state index contributed by atoms with van der Waals surface area (Å²) in [6.45, 7) is 1.70. The lowest BCUT2D eigenvalue weighted by atomic mass is 9.53. The molecule has 2 saturated carbocycles. The number of aromatic hydroxyl groups is 5. The minimum atomic E-state index is -0.353. The number of aromatic nitrogens is 2. The fraction of sp³-hybridized carbons (Fsp3) is 0.341. The van der Waals surface area contributed by atoms with Crippen LogP contribution in [0.3, 0.4) is 0 Å². The molecule has 1 spiro atoms. The normalized spacial score (nSPS) is 18.9. The van der Waals surface area contributed by atoms with Crippen LogP contribution < -0.4 is 5.32 Å². The maximum Gasteiger partial charge on any atom is 0.169 e. The number of phenolic OH excluding ortho intramolecular Hbond substituents is 5. The van der Waals surface area contributed by atoms with Gasteiger partial charge in [0.15, 0.2) is 23.0 Å². The Morgan fingerprint density at radius 2 is 1.47 bits per heavy atom. The zero-order valence-electron chi connectivity index (χ0n) is 27.8. The van der Waals surface area contributed by atoms with E-state index in [1.807, 2.05) is 6.33 Å². The monoisotopic (exact) mass is 659 g/mol. The Morgan fingerprint density at radius 1 is 0.735 bits per heavy atom. The minimum Gasteiger partial charge on any atom is -0.507 e. The molecule has 1 aromatic heterocycles. The molecule has 1 unspecified atom stereocenters. The molecule has 7 rings (SSSR count). The van der Waals surface area contributed by atoms with Crippen LogP contribution in [-0.4, -0.2) is 42.0 Å². The number of phenols is 5. The molecule has 4 aromatic carbocycles. The zero-order valence-corrected chi connectivity index (χ0v) is 27.8. The van der Waals surface area contributed by atoms with Crippen LogP contribution in [0, 0.1) is 5.41 Å². The van der Waals surface area contributed by atoms with Crippen LogP contribution in [0.1, 0.15) is 84.9 Å². The zero-order chi connectivity index (χ0) is 34.0. The molecule has 1 atom stereocenters. The van der Waals surface area contributed by atoms with E-state index in [1.54, 1.807) is 30.4 Å². The van der Waals surface area contributed by atoms with E-state index < -0.39 is 0 Å². The number of rotatable bonds is 10. The highest BCUT2D eigenvalue weighted by atomic mass is 16.3. The van der Waals surface area contributed by atoms with Gasteiger partial charge in [-0.25, -0.2) is 4.98 Å². The van der Waals surface area contributed by atoms with Gasteiger partial charge in [-0.3, -0.25) is 0 Å². The SMILES string of the molecule is Oc1ccc(C=Cc2c(CCc3ccc(CNCC4(c5cnc[nH]5)CCCCC45CCCC5)cc3)c(O)c(O)c3c(O)cccc23)cc1O. The number of hydrogen-bond acceptors (Lipinski definition) is 7. The number of nitrogens with zero attached hydrogens (tertiary/aromatic N) is 1. The van der Waals surface area contributed by atoms with E-state index in [2.05, 4.69) is 45.7 Å². The van der Waals surface area contributed by atoms with Crippen molar-refractivity contribution >= 4 is 22.9 Å². The van der Waals surface area contributed by atoms with Crippen molar-refractivity contribution in [1.29, 1.82) is 0 Å². The largest absolute Gasteiger partial charge is 0.507 e. The maximum absolute atomic E-state index is 11.2. The van der Waals surface area contributed by atoms with Gasteiger partial charge in [0.2, 0.25) is 0 Å². The summed E-state index contributed by atoms with van der Waals surface area (Å²) in [5, 5.41) is 57.0. The topological polar surface area (TPSA) is 142 Å². The molecule has 8 heteroatoms. The van der Waals surface area contributed by atoms with E-state index in [-0.39, 0.29) is 39.5 Å². The third-order valence-corrected chi connectivity index (χ3v) is 11.4. The predicted molar refractivity (Wildman–Crippen MR) is 193 cm³/mol. The summed E-state index contributed by atoms with van der Waals surface area (Å²) < 4.78 is 0. The van der Waals surface area contributed by atoms with Crippen LogP contribution in [0.5, 0.6) is 28.7 Å². The molecular formula is C41H45N3O5. The summed E-state index contributed by atoms with van der Waals surface area (Å²) in [5.74, 6) is -1.19. The fourth-order valence-corrected chi connectivity index (χ4v) is 8.83. The van der Waals surface area contributed by atoms with E-state index in [4.69, 9.17) is 0 Å². The van der Waals surface area contributed by atoms with Crippen LogP contribution in [0.2, 0.25) is 0 Å². The van der Waals surface area contributed by atoms with Gasteiger partial charge < -0.3 is 35.8 Å². The third-order valence-electron chi connectivity index (χ3n) is 11.4. The van der Waals surface area contributed by atoms with Crippen molar-refractivity contribution in [2.75, 3.05) is 6.54 Å². The molecule has 2 aliphatic rings. The molecular weight excluding hydrogens is 614 g/mol. The van der Waals surface area contributed by atoms with Crippen LogP contribution >= 0.6 is 0 Å². The lowest BCUT2D eigenvalue weighted by Crippen LogP contribution is -2.53. The first-order valence-corrected chi connectivity index (χ1v) is 17.5. The molecule has 2 fully saturated rings. The van der Waals surface area contributed by atoms with Gasteiger partial charge in [-0.05, 0) is 89.8 Å². The van der Waals surface area contributed by atoms with Crippen molar-refractivity contribution in [3.8, 4) is 28.7 Å². The third kappa shape index (κ3) is 6.10. The van der Waals surface area contributed by atoms with Gasteiger partial charge in [0.1, 0.15) is 5.75 Å². The molecule has 0 saturated heterocycles. The van der Waals surface area contributed by atoms with Gasteiger partial charge in [-0.15, -0.1) is 0 Å². The van der Waals surface area contributed by atoms with Gasteiger partial charge in [-0.1, -0.05) is 80.3 Å².